The van der Waals surface area contributed by atoms with Crippen molar-refractivity contribution in [2.45, 2.75) is 32.8 Å². The zero-order chi connectivity index (χ0) is 17.7. The number of ether oxygens (including phenoxy) is 1. The molecule has 0 aliphatic rings. The van der Waals surface area contributed by atoms with Gasteiger partial charge in [-0.25, -0.2) is 4.98 Å². The molecule has 2 rings (SSSR count). The van der Waals surface area contributed by atoms with E-state index in [0.29, 0.717) is 18.1 Å². The molecule has 2 aromatic heterocycles. The number of alkyl halides is 2. The Bertz CT molecular complexity index is 709. The molecule has 0 aliphatic carbocycles. The van der Waals surface area contributed by atoms with Crippen molar-refractivity contribution >= 4 is 17.5 Å². The van der Waals surface area contributed by atoms with E-state index in [1.807, 2.05) is 13.8 Å². The van der Waals surface area contributed by atoms with E-state index in [9.17, 15) is 13.6 Å². The minimum Gasteiger partial charge on any atom is -0.433 e. The summed E-state index contributed by atoms with van der Waals surface area (Å²) in [6.45, 7) is 1.10. The average molecular weight is 361 g/mol. The Balaban J connectivity index is 1.90. The molecule has 0 fully saturated rings. The van der Waals surface area contributed by atoms with Crippen LogP contribution in [0.3, 0.4) is 0 Å². The van der Waals surface area contributed by atoms with E-state index in [1.54, 1.807) is 0 Å². The van der Waals surface area contributed by atoms with Crippen LogP contribution in [0.25, 0.3) is 0 Å². The quantitative estimate of drug-likeness (QED) is 0.816. The first kappa shape index (κ1) is 18.1. The summed E-state index contributed by atoms with van der Waals surface area (Å²) in [6, 6.07) is 1.10. The van der Waals surface area contributed by atoms with Crippen LogP contribution in [-0.4, -0.2) is 34.2 Å². The van der Waals surface area contributed by atoms with Crippen molar-refractivity contribution in [3.63, 3.8) is 0 Å². The van der Waals surface area contributed by atoms with Crippen LogP contribution in [0.4, 0.5) is 8.78 Å². The molecule has 0 atom stereocenters. The summed E-state index contributed by atoms with van der Waals surface area (Å²) in [5, 5.41) is 6.30. The van der Waals surface area contributed by atoms with Gasteiger partial charge in [0, 0.05) is 24.9 Å². The smallest absolute Gasteiger partial charge is 0.387 e. The maximum Gasteiger partial charge on any atom is 0.387 e. The van der Waals surface area contributed by atoms with Crippen LogP contribution >= 0.6 is 11.6 Å². The van der Waals surface area contributed by atoms with E-state index in [2.05, 4.69) is 25.2 Å². The molecule has 0 radical (unpaired) electrons. The predicted octanol–water partition coefficient (Wildman–Crippen LogP) is 2.82. The molecule has 0 saturated heterocycles. The van der Waals surface area contributed by atoms with Gasteiger partial charge in [0.1, 0.15) is 11.4 Å². The second-order valence-corrected chi connectivity index (χ2v) is 5.50. The van der Waals surface area contributed by atoms with Crippen LogP contribution in [0.2, 0.25) is 5.02 Å². The number of carbonyl (C=O) groups is 1. The number of rotatable bonds is 7. The van der Waals surface area contributed by atoms with E-state index in [1.165, 1.54) is 0 Å². The Morgan fingerprint density at radius 1 is 1.46 bits per heavy atom. The average Bonchev–Trinajstić information content (AvgIpc) is 2.95. The molecule has 0 bridgehead atoms. The summed E-state index contributed by atoms with van der Waals surface area (Å²) in [6.07, 6.45) is 1.37. The van der Waals surface area contributed by atoms with Crippen molar-refractivity contribution in [2.24, 2.45) is 0 Å². The van der Waals surface area contributed by atoms with Gasteiger partial charge in [-0.15, -0.1) is 0 Å². The molecular formula is C14H15ClF2N4O3. The van der Waals surface area contributed by atoms with Gasteiger partial charge < -0.3 is 14.6 Å². The van der Waals surface area contributed by atoms with Crippen molar-refractivity contribution in [1.82, 2.24) is 20.4 Å². The van der Waals surface area contributed by atoms with Crippen LogP contribution in [0.5, 0.6) is 5.75 Å². The molecule has 10 heteroatoms. The molecule has 24 heavy (non-hydrogen) atoms. The van der Waals surface area contributed by atoms with Crippen molar-refractivity contribution in [1.29, 1.82) is 0 Å². The van der Waals surface area contributed by atoms with Gasteiger partial charge in [-0.05, 0) is 0 Å². The fourth-order valence-corrected chi connectivity index (χ4v) is 1.97. The molecule has 0 unspecified atom stereocenters. The van der Waals surface area contributed by atoms with Crippen LogP contribution in [0.15, 0.2) is 16.8 Å². The van der Waals surface area contributed by atoms with Crippen molar-refractivity contribution in [3.8, 4) is 5.75 Å². The van der Waals surface area contributed by atoms with Crippen molar-refractivity contribution < 1.29 is 22.8 Å². The molecule has 0 aliphatic heterocycles. The van der Waals surface area contributed by atoms with Gasteiger partial charge in [-0.2, -0.15) is 13.8 Å². The maximum absolute atomic E-state index is 12.1. The van der Waals surface area contributed by atoms with E-state index in [4.69, 9.17) is 16.1 Å². The normalized spacial score (nSPS) is 11.1. The van der Waals surface area contributed by atoms with Crippen molar-refractivity contribution in [2.75, 3.05) is 6.54 Å². The summed E-state index contributed by atoms with van der Waals surface area (Å²) >= 11 is 5.85. The molecular weight excluding hydrogens is 346 g/mol. The molecule has 1 N–H and O–H groups in total. The number of nitrogens with one attached hydrogen (secondary N) is 1. The fourth-order valence-electron chi connectivity index (χ4n) is 1.73. The van der Waals surface area contributed by atoms with Crippen LogP contribution in [0, 0.1) is 0 Å². The number of pyridine rings is 1. The number of hydrogen-bond donors (Lipinski definition) is 1. The van der Waals surface area contributed by atoms with Crippen LogP contribution in [0.1, 0.15) is 42.0 Å². The zero-order valence-corrected chi connectivity index (χ0v) is 13.7. The lowest BCUT2D eigenvalue weighted by molar-refractivity contribution is -0.0500. The Morgan fingerprint density at radius 2 is 2.21 bits per heavy atom. The first-order valence-corrected chi connectivity index (χ1v) is 7.45. The van der Waals surface area contributed by atoms with Crippen LogP contribution < -0.4 is 10.1 Å². The summed E-state index contributed by atoms with van der Waals surface area (Å²) in [7, 11) is 0. The third-order valence-electron chi connectivity index (χ3n) is 2.87. The molecule has 1 amide bonds. The minimum absolute atomic E-state index is 0.0886. The lowest BCUT2D eigenvalue weighted by Crippen LogP contribution is -2.27. The highest BCUT2D eigenvalue weighted by atomic mass is 35.5. The third kappa shape index (κ3) is 4.85. The lowest BCUT2D eigenvalue weighted by Gasteiger charge is -2.07. The summed E-state index contributed by atoms with van der Waals surface area (Å²) in [5.41, 5.74) is -0.0886. The summed E-state index contributed by atoms with van der Waals surface area (Å²) < 4.78 is 33.4. The van der Waals surface area contributed by atoms with Crippen molar-refractivity contribution in [3.05, 3.63) is 34.7 Å². The standard InChI is InChI=1S/C14H15ClF2N4O3/c1-7(2)13-20-10(21-24-13)3-4-18-12(22)11-9(15)5-8(6-19-11)23-14(16)17/h5-7,14H,3-4H2,1-2H3,(H,18,22). The van der Waals surface area contributed by atoms with E-state index < -0.39 is 12.5 Å². The molecule has 0 saturated carbocycles. The van der Waals surface area contributed by atoms with Gasteiger partial charge in [-0.3, -0.25) is 4.79 Å². The molecule has 130 valence electrons. The SMILES string of the molecule is CC(C)c1nc(CCNC(=O)c2ncc(OC(F)F)cc2Cl)no1. The molecule has 0 aromatic carbocycles. The highest BCUT2D eigenvalue weighted by molar-refractivity contribution is 6.33. The monoisotopic (exact) mass is 360 g/mol. The number of hydrogen-bond acceptors (Lipinski definition) is 6. The molecule has 2 heterocycles. The van der Waals surface area contributed by atoms with E-state index in [0.717, 1.165) is 12.3 Å². The predicted molar refractivity (Wildman–Crippen MR) is 80.3 cm³/mol. The van der Waals surface area contributed by atoms with E-state index in [-0.39, 0.29) is 28.9 Å². The zero-order valence-electron chi connectivity index (χ0n) is 12.9. The van der Waals surface area contributed by atoms with Crippen LogP contribution in [-0.2, 0) is 6.42 Å². The Morgan fingerprint density at radius 3 is 2.79 bits per heavy atom. The molecule has 2 aromatic rings. The van der Waals surface area contributed by atoms with Gasteiger partial charge in [0.05, 0.1) is 11.2 Å². The Kier molecular flexibility index (Phi) is 6.02. The number of halogens is 3. The Hall–Kier alpha value is -2.29. The summed E-state index contributed by atoms with van der Waals surface area (Å²) in [5.74, 6) is 0.350. The van der Waals surface area contributed by atoms with Gasteiger partial charge in [0.15, 0.2) is 5.82 Å². The maximum atomic E-state index is 12.1. The van der Waals surface area contributed by atoms with Gasteiger partial charge in [0.2, 0.25) is 5.89 Å². The number of amides is 1. The topological polar surface area (TPSA) is 90.1 Å². The summed E-state index contributed by atoms with van der Waals surface area (Å²) in [4.78, 5) is 19.9. The lowest BCUT2D eigenvalue weighted by atomic mass is 10.2. The largest absolute Gasteiger partial charge is 0.433 e. The highest BCUT2D eigenvalue weighted by Gasteiger charge is 2.15. The van der Waals surface area contributed by atoms with E-state index >= 15 is 0 Å². The number of aromatic nitrogens is 3. The first-order chi connectivity index (χ1) is 11.4. The molecule has 0 spiro atoms. The fraction of sp³-hybridized carbons (Fsp3) is 0.429. The second-order valence-electron chi connectivity index (χ2n) is 5.09. The Labute approximate surface area is 141 Å². The number of nitrogens with zero attached hydrogens (tertiary/aromatic N) is 3. The highest BCUT2D eigenvalue weighted by Crippen LogP contribution is 2.21. The van der Waals surface area contributed by atoms with Gasteiger partial charge in [0.25, 0.3) is 5.91 Å². The minimum atomic E-state index is -2.99. The van der Waals surface area contributed by atoms with Gasteiger partial charge >= 0.3 is 6.61 Å². The molecule has 7 nitrogen and oxygen atoms in total. The third-order valence-corrected chi connectivity index (χ3v) is 3.16. The van der Waals surface area contributed by atoms with Gasteiger partial charge in [-0.1, -0.05) is 30.6 Å². The first-order valence-electron chi connectivity index (χ1n) is 7.08. The second kappa shape index (κ2) is 8.00. The number of carbonyl (C=O) groups excluding carboxylic acids is 1.